The quantitative estimate of drug-likeness (QED) is 0.0198. The molecule has 1 heterocycles. The Labute approximate surface area is 470 Å². The smallest absolute Gasteiger partial charge is 0.328 e. The van der Waals surface area contributed by atoms with Crippen molar-refractivity contribution in [1.82, 2.24) is 41.3 Å². The topological polar surface area (TPSA) is 386 Å². The van der Waals surface area contributed by atoms with Gasteiger partial charge in [-0.1, -0.05) is 55.3 Å². The number of hydrogen-bond donors (Lipinski definition) is 13. The number of ether oxygens (including phenoxy) is 1. The number of unbranched alkanes of at least 4 members (excludes halogenated alkanes) is 5. The van der Waals surface area contributed by atoms with Gasteiger partial charge in [-0.05, 0) is 113 Å². The van der Waals surface area contributed by atoms with Gasteiger partial charge in [-0.3, -0.25) is 44.0 Å². The average molecular weight is 1150 g/mol. The highest BCUT2D eigenvalue weighted by molar-refractivity contribution is 7.80. The molecule has 1 fully saturated rings. The van der Waals surface area contributed by atoms with E-state index in [2.05, 4.69) is 31.9 Å². The number of carboxylic acid groups (broad SMARTS) is 6. The lowest BCUT2D eigenvalue weighted by Gasteiger charge is -2.33. The van der Waals surface area contributed by atoms with Crippen LogP contribution in [0.15, 0.2) is 54.6 Å². The van der Waals surface area contributed by atoms with Gasteiger partial charge in [0.05, 0.1) is 19.6 Å². The van der Waals surface area contributed by atoms with Crippen LogP contribution in [0.2, 0.25) is 0 Å². The van der Waals surface area contributed by atoms with Crippen molar-refractivity contribution in [1.29, 1.82) is 0 Å². The third-order valence-corrected chi connectivity index (χ3v) is 13.2. The molecule has 1 aliphatic heterocycles. The van der Waals surface area contributed by atoms with Gasteiger partial charge in [0.25, 0.3) is 0 Å². The van der Waals surface area contributed by atoms with E-state index in [0.29, 0.717) is 89.5 Å². The Bertz CT molecular complexity index is 2300. The summed E-state index contributed by atoms with van der Waals surface area (Å²) < 4.78 is 5.66. The lowest BCUT2D eigenvalue weighted by atomic mass is 10.0. The predicted octanol–water partition coefficient (Wildman–Crippen LogP) is 1.95. The fourth-order valence-electron chi connectivity index (χ4n) is 8.76. The van der Waals surface area contributed by atoms with E-state index in [0.717, 1.165) is 24.0 Å². The number of aliphatic carboxylic acids is 6. The summed E-state index contributed by atoms with van der Waals surface area (Å²) in [5, 5.41) is 83.1. The van der Waals surface area contributed by atoms with Gasteiger partial charge in [-0.2, -0.15) is 0 Å². The number of benzene rings is 2. The second-order valence-corrected chi connectivity index (χ2v) is 20.0. The molecule has 5 unspecified atom stereocenters. The fourth-order valence-corrected chi connectivity index (χ4v) is 9.02. The molecule has 2 aromatic carbocycles. The van der Waals surface area contributed by atoms with Gasteiger partial charge in [-0.15, -0.1) is 0 Å². The maximum Gasteiger partial charge on any atom is 0.328 e. The summed E-state index contributed by atoms with van der Waals surface area (Å²) in [6.07, 6.45) is 4.69. The number of anilines is 1. The van der Waals surface area contributed by atoms with Crippen molar-refractivity contribution in [2.75, 3.05) is 70.8 Å². The van der Waals surface area contributed by atoms with E-state index in [4.69, 9.17) is 22.1 Å². The molecule has 13 N–H and O–H groups in total. The molecule has 1 saturated heterocycles. The van der Waals surface area contributed by atoms with Crippen molar-refractivity contribution in [3.63, 3.8) is 0 Å². The maximum atomic E-state index is 13.4. The molecule has 1 aliphatic rings. The van der Waals surface area contributed by atoms with Gasteiger partial charge >= 0.3 is 47.8 Å². The Kier molecular flexibility index (Phi) is 31.7. The van der Waals surface area contributed by atoms with Crippen LogP contribution in [-0.4, -0.2) is 205 Å². The summed E-state index contributed by atoms with van der Waals surface area (Å²) in [6.45, 7) is 1.32. The van der Waals surface area contributed by atoms with Crippen LogP contribution in [0, 0.1) is 0 Å². The standard InChI is InChI=1S/C53H79N9O17S/c63-43(54-24-10-8-14-40(49(73)74)57-52(78)58-41(50(75)76)22-23-45(65)66)16-6-1-2-7-17-44(64)55-25-11-9-15-42(51(77)79-35-37-12-4-3-5-13-37)59-53(80)56-38-20-18-36(19-21-38)30-39-31-61(33-47(69)70)27-26-60(32-46(67)68)28-29-62(39)34-48(71)72/h3-5,12-13,18-21,39-43,54,63H,1-2,6-11,14-17,22-35H2,(H,55,64)(H,65,66)(H,67,68)(H,69,70)(H,71,72)(H,73,74)(H,75,76)(H2,56,59,80)(H2,57,58,78). The molecule has 80 heavy (non-hydrogen) atoms. The first-order chi connectivity index (χ1) is 38.2. The van der Waals surface area contributed by atoms with Gasteiger partial charge in [0.1, 0.15) is 31.0 Å². The van der Waals surface area contributed by atoms with E-state index >= 15 is 0 Å². The van der Waals surface area contributed by atoms with Crippen molar-refractivity contribution in [2.24, 2.45) is 0 Å². The Morgan fingerprint density at radius 1 is 0.575 bits per heavy atom. The van der Waals surface area contributed by atoms with E-state index in [1.165, 1.54) is 0 Å². The molecule has 3 amide bonds. The third kappa shape index (κ3) is 29.8. The molecule has 444 valence electrons. The second kappa shape index (κ2) is 37.8. The summed E-state index contributed by atoms with van der Waals surface area (Å²) in [5.41, 5.74) is 2.24. The lowest BCUT2D eigenvalue weighted by Crippen LogP contribution is -2.51. The van der Waals surface area contributed by atoms with E-state index in [1.54, 1.807) is 26.8 Å². The number of nitrogens with one attached hydrogen (secondary N) is 6. The first-order valence-corrected chi connectivity index (χ1v) is 27.2. The first-order valence-electron chi connectivity index (χ1n) is 26.8. The van der Waals surface area contributed by atoms with Gasteiger partial charge < -0.3 is 67.1 Å². The molecule has 0 saturated carbocycles. The zero-order valence-corrected chi connectivity index (χ0v) is 45.7. The second-order valence-electron chi connectivity index (χ2n) is 19.6. The van der Waals surface area contributed by atoms with Gasteiger partial charge in [0, 0.05) is 63.8 Å². The molecular formula is C53H79N9O17S. The SMILES string of the molecule is O=C(O)CCC(NC(=O)NC(CCCCNC(O)CCCCCCC(=O)NCCCCC(NC(=S)Nc1ccc(CC2CN(CC(=O)O)CCN(CC(=O)O)CCN2CC(=O)O)cc1)C(=O)OCc1ccccc1)C(=O)O)C(=O)O. The molecule has 0 aromatic heterocycles. The van der Waals surface area contributed by atoms with Gasteiger partial charge in [0.2, 0.25) is 5.91 Å². The van der Waals surface area contributed by atoms with Crippen LogP contribution in [0.4, 0.5) is 10.5 Å². The number of aliphatic hydroxyl groups is 1. The largest absolute Gasteiger partial charge is 0.481 e. The van der Waals surface area contributed by atoms with Gasteiger partial charge in [0.15, 0.2) is 5.11 Å². The normalized spacial score (nSPS) is 15.7. The molecule has 0 radical (unpaired) electrons. The van der Waals surface area contributed by atoms with E-state index in [9.17, 15) is 73.8 Å². The number of carbonyl (C=O) groups excluding carboxylic acids is 3. The molecule has 0 bridgehead atoms. The van der Waals surface area contributed by atoms with Gasteiger partial charge in [-0.25, -0.2) is 19.2 Å². The zero-order chi connectivity index (χ0) is 58.8. The highest BCUT2D eigenvalue weighted by Gasteiger charge is 2.29. The number of urea groups is 1. The van der Waals surface area contributed by atoms with Crippen molar-refractivity contribution in [3.05, 3.63) is 65.7 Å². The molecule has 26 nitrogen and oxygen atoms in total. The number of rotatable bonds is 38. The number of thiocarbonyl (C=S) groups is 1. The lowest BCUT2D eigenvalue weighted by molar-refractivity contribution is -0.147. The summed E-state index contributed by atoms with van der Waals surface area (Å²) in [6, 6.07) is 11.4. The summed E-state index contributed by atoms with van der Waals surface area (Å²) in [4.78, 5) is 112. The average Bonchev–Trinajstić information content (AvgIpc) is 3.46. The van der Waals surface area contributed by atoms with Crippen molar-refractivity contribution >= 4 is 76.7 Å². The number of carbonyl (C=O) groups is 9. The highest BCUT2D eigenvalue weighted by atomic mass is 32.1. The van der Waals surface area contributed by atoms with Crippen LogP contribution in [0.3, 0.4) is 0 Å². The number of carboxylic acids is 6. The number of amides is 3. The van der Waals surface area contributed by atoms with Crippen molar-refractivity contribution in [3.8, 4) is 0 Å². The van der Waals surface area contributed by atoms with Crippen molar-refractivity contribution in [2.45, 2.75) is 133 Å². The minimum absolute atomic E-state index is 0.0345. The molecule has 27 heteroatoms. The summed E-state index contributed by atoms with van der Waals surface area (Å²) in [7, 11) is 0. The molecule has 5 atom stereocenters. The summed E-state index contributed by atoms with van der Waals surface area (Å²) in [5.74, 6) is -7.80. The van der Waals surface area contributed by atoms with Crippen LogP contribution in [-0.2, 0) is 56.1 Å². The van der Waals surface area contributed by atoms with Crippen LogP contribution >= 0.6 is 12.2 Å². The maximum absolute atomic E-state index is 13.4. The molecule has 0 aliphatic carbocycles. The fraction of sp³-hybridized carbons (Fsp3) is 0.585. The Morgan fingerprint density at radius 3 is 1.79 bits per heavy atom. The van der Waals surface area contributed by atoms with Crippen LogP contribution in [0.25, 0.3) is 0 Å². The van der Waals surface area contributed by atoms with Crippen molar-refractivity contribution < 1.29 is 83.6 Å². The first kappa shape index (κ1) is 67.2. The number of esters is 1. The monoisotopic (exact) mass is 1150 g/mol. The summed E-state index contributed by atoms with van der Waals surface area (Å²) >= 11 is 5.63. The third-order valence-electron chi connectivity index (χ3n) is 13.0. The number of hydrogen-bond acceptors (Lipinski definition) is 16. The van der Waals surface area contributed by atoms with E-state index in [-0.39, 0.29) is 76.3 Å². The van der Waals surface area contributed by atoms with Crippen LogP contribution < -0.4 is 31.9 Å². The van der Waals surface area contributed by atoms with E-state index in [1.807, 2.05) is 42.5 Å². The predicted molar refractivity (Wildman–Crippen MR) is 294 cm³/mol. The minimum atomic E-state index is -1.50. The Hall–Kier alpha value is -7.04. The Balaban J connectivity index is 1.40. The highest BCUT2D eigenvalue weighted by Crippen LogP contribution is 2.18. The molecule has 0 spiro atoms. The van der Waals surface area contributed by atoms with Crippen LogP contribution in [0.1, 0.15) is 101 Å². The molecular weight excluding hydrogens is 1070 g/mol. The number of aliphatic hydroxyl groups excluding tert-OH is 1. The van der Waals surface area contributed by atoms with Crippen LogP contribution in [0.5, 0.6) is 0 Å². The molecule has 2 aromatic rings. The minimum Gasteiger partial charge on any atom is -0.481 e. The zero-order valence-electron chi connectivity index (χ0n) is 44.9. The van der Waals surface area contributed by atoms with E-state index < -0.39 is 84.6 Å². The Morgan fingerprint density at radius 2 is 1.15 bits per heavy atom. The number of nitrogens with zero attached hydrogens (tertiary/aromatic N) is 3. The molecule has 3 rings (SSSR count).